The van der Waals surface area contributed by atoms with E-state index < -0.39 is 26.0 Å². The molecule has 0 saturated carbocycles. The maximum Gasteiger partial charge on any atom is 0.261 e. The molecular formula is C22H23N3O5S2. The summed E-state index contributed by atoms with van der Waals surface area (Å²) in [7, 11) is -5.84. The van der Waals surface area contributed by atoms with E-state index in [4.69, 9.17) is 0 Å². The molecule has 3 rings (SSSR count). The highest BCUT2D eigenvalue weighted by Gasteiger charge is 2.18. The molecule has 1 amide bonds. The molecule has 0 radical (unpaired) electrons. The van der Waals surface area contributed by atoms with Crippen LogP contribution in [0.25, 0.3) is 0 Å². The van der Waals surface area contributed by atoms with Crippen LogP contribution in [0.3, 0.4) is 0 Å². The van der Waals surface area contributed by atoms with Crippen molar-refractivity contribution in [3.05, 3.63) is 83.9 Å². The Labute approximate surface area is 188 Å². The summed E-state index contributed by atoms with van der Waals surface area (Å²) in [5.74, 6) is -0.456. The number of amides is 1. The third-order valence-electron chi connectivity index (χ3n) is 4.84. The molecule has 0 saturated heterocycles. The zero-order chi connectivity index (χ0) is 23.5. The third-order valence-corrected chi connectivity index (χ3v) is 7.43. The second-order valence-electron chi connectivity index (χ2n) is 7.13. The van der Waals surface area contributed by atoms with Gasteiger partial charge in [0.15, 0.2) is 0 Å². The van der Waals surface area contributed by atoms with Crippen molar-refractivity contribution in [2.24, 2.45) is 0 Å². The molecule has 0 aliphatic rings. The van der Waals surface area contributed by atoms with Crippen molar-refractivity contribution in [2.45, 2.75) is 11.8 Å². The molecule has 0 aromatic heterocycles. The highest BCUT2D eigenvalue weighted by Crippen LogP contribution is 2.25. The molecule has 0 heterocycles. The molecule has 0 aliphatic carbocycles. The molecule has 2 N–H and O–H groups in total. The van der Waals surface area contributed by atoms with E-state index >= 15 is 0 Å². The summed E-state index contributed by atoms with van der Waals surface area (Å²) in [4.78, 5) is 13.0. The van der Waals surface area contributed by atoms with Crippen LogP contribution >= 0.6 is 0 Å². The van der Waals surface area contributed by atoms with Gasteiger partial charge in [0.05, 0.1) is 22.5 Å². The van der Waals surface area contributed by atoms with Crippen molar-refractivity contribution in [2.75, 3.05) is 27.6 Å². The third kappa shape index (κ3) is 5.27. The molecule has 0 unspecified atom stereocenters. The van der Waals surface area contributed by atoms with E-state index in [1.54, 1.807) is 61.5 Å². The first kappa shape index (κ1) is 23.3. The summed E-state index contributed by atoms with van der Waals surface area (Å²) in [6.07, 6.45) is 1.09. The molecule has 3 aromatic rings. The van der Waals surface area contributed by atoms with Crippen molar-refractivity contribution in [1.82, 2.24) is 0 Å². The number of nitrogens with zero attached hydrogens (tertiary/aromatic N) is 1. The normalized spacial score (nSPS) is 11.6. The molecule has 8 nitrogen and oxygen atoms in total. The average molecular weight is 474 g/mol. The van der Waals surface area contributed by atoms with E-state index in [-0.39, 0.29) is 16.1 Å². The summed E-state index contributed by atoms with van der Waals surface area (Å²) in [6.45, 7) is 1.64. The molecule has 0 aliphatic heterocycles. The number of hydrogen-bond acceptors (Lipinski definition) is 5. The van der Waals surface area contributed by atoms with Gasteiger partial charge in [-0.15, -0.1) is 0 Å². The molecule has 3 aromatic carbocycles. The van der Waals surface area contributed by atoms with Gasteiger partial charge in [-0.2, -0.15) is 0 Å². The smallest absolute Gasteiger partial charge is 0.261 e. The van der Waals surface area contributed by atoms with Crippen molar-refractivity contribution in [3.8, 4) is 0 Å². The average Bonchev–Trinajstić information content (AvgIpc) is 2.74. The topological polar surface area (TPSA) is 113 Å². The van der Waals surface area contributed by atoms with Crippen LogP contribution in [0.4, 0.5) is 17.1 Å². The molecule has 10 heteroatoms. The minimum Gasteiger partial charge on any atom is -0.322 e. The van der Waals surface area contributed by atoms with Crippen LogP contribution < -0.4 is 14.3 Å². The van der Waals surface area contributed by atoms with Crippen molar-refractivity contribution in [3.63, 3.8) is 0 Å². The number of benzene rings is 3. The Morgan fingerprint density at radius 1 is 0.875 bits per heavy atom. The summed E-state index contributed by atoms with van der Waals surface area (Å²) in [6, 6.07) is 19.1. The Morgan fingerprint density at radius 3 is 2.19 bits per heavy atom. The first-order chi connectivity index (χ1) is 15.0. The highest BCUT2D eigenvalue weighted by molar-refractivity contribution is 7.92. The Morgan fingerprint density at radius 2 is 1.53 bits per heavy atom. The molecule has 0 atom stereocenters. The monoisotopic (exact) mass is 473 g/mol. The molecule has 0 fully saturated rings. The van der Waals surface area contributed by atoms with E-state index in [2.05, 4.69) is 10.0 Å². The second kappa shape index (κ2) is 9.01. The number of sulfonamides is 2. The van der Waals surface area contributed by atoms with Crippen LogP contribution in [-0.2, 0) is 20.0 Å². The molecule has 0 spiro atoms. The predicted molar refractivity (Wildman–Crippen MR) is 126 cm³/mol. The van der Waals surface area contributed by atoms with Crippen LogP contribution in [0.2, 0.25) is 0 Å². The first-order valence-electron chi connectivity index (χ1n) is 9.52. The molecular weight excluding hydrogens is 450 g/mol. The Hall–Kier alpha value is -3.37. The zero-order valence-corrected chi connectivity index (χ0v) is 19.4. The molecule has 32 heavy (non-hydrogen) atoms. The lowest BCUT2D eigenvalue weighted by Gasteiger charge is -2.18. The van der Waals surface area contributed by atoms with Gasteiger partial charge >= 0.3 is 0 Å². The standard InChI is InChI=1S/C22H23N3O5S2/c1-16-20(13-8-14-21(16)24-32(29,30)19-11-5-4-6-12-19)22(26)23-17-9-7-10-18(15-17)25(2)31(3,27)28/h4-15,24H,1-3H3,(H,23,26). The minimum atomic E-state index is -3.81. The van der Waals surface area contributed by atoms with E-state index in [1.165, 1.54) is 25.2 Å². The quantitative estimate of drug-likeness (QED) is 0.546. The summed E-state index contributed by atoms with van der Waals surface area (Å²) in [5.41, 5.74) is 1.81. The lowest BCUT2D eigenvalue weighted by molar-refractivity contribution is 0.102. The van der Waals surface area contributed by atoms with Gasteiger partial charge in [0.1, 0.15) is 0 Å². The van der Waals surface area contributed by atoms with Crippen LogP contribution in [0, 0.1) is 6.92 Å². The van der Waals surface area contributed by atoms with Crippen LogP contribution in [0.15, 0.2) is 77.7 Å². The largest absolute Gasteiger partial charge is 0.322 e. The summed E-state index contributed by atoms with van der Waals surface area (Å²) >= 11 is 0. The van der Waals surface area contributed by atoms with Gasteiger partial charge in [0, 0.05) is 18.3 Å². The van der Waals surface area contributed by atoms with Crippen LogP contribution in [0.1, 0.15) is 15.9 Å². The van der Waals surface area contributed by atoms with Crippen molar-refractivity contribution >= 4 is 43.0 Å². The fraction of sp³-hybridized carbons (Fsp3) is 0.136. The number of carbonyl (C=O) groups is 1. The molecule has 0 bridgehead atoms. The Bertz CT molecular complexity index is 1360. The number of carbonyl (C=O) groups excluding carboxylic acids is 1. The number of nitrogens with one attached hydrogen (secondary N) is 2. The summed E-state index contributed by atoms with van der Waals surface area (Å²) < 4.78 is 52.4. The van der Waals surface area contributed by atoms with Gasteiger partial charge in [-0.05, 0) is 55.0 Å². The Kier molecular flexibility index (Phi) is 6.56. The van der Waals surface area contributed by atoms with E-state index in [0.29, 0.717) is 16.9 Å². The van der Waals surface area contributed by atoms with Gasteiger partial charge in [0.2, 0.25) is 10.0 Å². The molecule has 168 valence electrons. The predicted octanol–water partition coefficient (Wildman–Crippen LogP) is 3.44. The van der Waals surface area contributed by atoms with Gasteiger partial charge in [-0.3, -0.25) is 13.8 Å². The number of hydrogen-bond donors (Lipinski definition) is 2. The highest BCUT2D eigenvalue weighted by atomic mass is 32.2. The maximum atomic E-state index is 12.9. The lowest BCUT2D eigenvalue weighted by atomic mass is 10.1. The lowest BCUT2D eigenvalue weighted by Crippen LogP contribution is -2.25. The minimum absolute atomic E-state index is 0.112. The fourth-order valence-corrected chi connectivity index (χ4v) is 4.61. The fourth-order valence-electron chi connectivity index (χ4n) is 2.96. The maximum absolute atomic E-state index is 12.9. The number of rotatable bonds is 7. The van der Waals surface area contributed by atoms with Gasteiger partial charge in [0.25, 0.3) is 15.9 Å². The Balaban J connectivity index is 1.85. The van der Waals surface area contributed by atoms with Crippen molar-refractivity contribution in [1.29, 1.82) is 0 Å². The second-order valence-corrected chi connectivity index (χ2v) is 10.8. The van der Waals surface area contributed by atoms with E-state index in [0.717, 1.165) is 10.6 Å². The van der Waals surface area contributed by atoms with E-state index in [1.807, 2.05) is 0 Å². The van der Waals surface area contributed by atoms with Gasteiger partial charge in [-0.1, -0.05) is 30.3 Å². The van der Waals surface area contributed by atoms with E-state index in [9.17, 15) is 21.6 Å². The zero-order valence-electron chi connectivity index (χ0n) is 17.7. The van der Waals surface area contributed by atoms with Gasteiger partial charge in [-0.25, -0.2) is 16.8 Å². The summed E-state index contributed by atoms with van der Waals surface area (Å²) in [5, 5.41) is 2.73. The van der Waals surface area contributed by atoms with Crippen molar-refractivity contribution < 1.29 is 21.6 Å². The van der Waals surface area contributed by atoms with Crippen LogP contribution in [0.5, 0.6) is 0 Å². The first-order valence-corrected chi connectivity index (χ1v) is 12.8. The number of anilines is 3. The van der Waals surface area contributed by atoms with Gasteiger partial charge < -0.3 is 5.32 Å². The SMILES string of the molecule is Cc1c(NS(=O)(=O)c2ccccc2)cccc1C(=O)Nc1cccc(N(C)S(C)(=O)=O)c1. The van der Waals surface area contributed by atoms with Crippen LogP contribution in [-0.4, -0.2) is 36.0 Å².